The van der Waals surface area contributed by atoms with Crippen molar-refractivity contribution in [2.24, 2.45) is 17.6 Å². The van der Waals surface area contributed by atoms with Crippen molar-refractivity contribution in [3.05, 3.63) is 0 Å². The molecule has 1 aliphatic carbocycles. The van der Waals surface area contributed by atoms with Gasteiger partial charge in [0.05, 0.1) is 5.92 Å². The van der Waals surface area contributed by atoms with Crippen LogP contribution in [0.25, 0.3) is 0 Å². The number of carbonyl (C=O) groups excluding carboxylic acids is 1. The van der Waals surface area contributed by atoms with Crippen LogP contribution in [0.5, 0.6) is 0 Å². The topological polar surface area (TPSA) is 46.3 Å². The fraction of sp³-hybridized carbons (Fsp3) is 0.900. The highest BCUT2D eigenvalue weighted by molar-refractivity contribution is 5.79. The van der Waals surface area contributed by atoms with Gasteiger partial charge >= 0.3 is 0 Å². The van der Waals surface area contributed by atoms with Gasteiger partial charge in [0.25, 0.3) is 0 Å². The zero-order valence-electron chi connectivity index (χ0n) is 8.04. The summed E-state index contributed by atoms with van der Waals surface area (Å²) >= 11 is 0. The third-order valence-corrected chi connectivity index (χ3v) is 3.10. The van der Waals surface area contributed by atoms with Crippen LogP contribution < -0.4 is 5.73 Å². The Morgan fingerprint density at radius 1 is 1.38 bits per heavy atom. The van der Waals surface area contributed by atoms with E-state index in [0.717, 1.165) is 31.8 Å². The number of rotatable bonds is 3. The van der Waals surface area contributed by atoms with Gasteiger partial charge in [-0.1, -0.05) is 0 Å². The molecule has 0 aromatic rings. The predicted octanol–water partition coefficient (Wildman–Crippen LogP) is 0.594. The lowest BCUT2D eigenvalue weighted by Gasteiger charge is -2.31. The average Bonchev–Trinajstić information content (AvgIpc) is 2.92. The summed E-state index contributed by atoms with van der Waals surface area (Å²) in [5.41, 5.74) is 5.55. The molecule has 2 aliphatic rings. The van der Waals surface area contributed by atoms with Crippen molar-refractivity contribution >= 4 is 5.91 Å². The Bertz CT molecular complexity index is 201. The van der Waals surface area contributed by atoms with Gasteiger partial charge in [-0.2, -0.15) is 0 Å². The van der Waals surface area contributed by atoms with E-state index < -0.39 is 0 Å². The molecule has 74 valence electrons. The van der Waals surface area contributed by atoms with E-state index in [2.05, 4.69) is 0 Å². The van der Waals surface area contributed by atoms with Crippen LogP contribution in [0.2, 0.25) is 0 Å². The van der Waals surface area contributed by atoms with Crippen LogP contribution in [0.1, 0.15) is 25.7 Å². The number of nitrogens with zero attached hydrogens (tertiary/aromatic N) is 1. The second kappa shape index (κ2) is 3.66. The smallest absolute Gasteiger partial charge is 0.226 e. The van der Waals surface area contributed by atoms with Gasteiger partial charge in [0.2, 0.25) is 5.91 Å². The molecule has 1 heterocycles. The standard InChI is InChI=1S/C10H18N2O/c11-6-9-2-1-5-12(10(9)13)7-8-3-4-8/h8-9H,1-7,11H2/t9-/m1/s1. The molecule has 1 amide bonds. The second-order valence-electron chi connectivity index (χ2n) is 4.30. The van der Waals surface area contributed by atoms with Gasteiger partial charge in [0.15, 0.2) is 0 Å². The van der Waals surface area contributed by atoms with Crippen molar-refractivity contribution in [2.45, 2.75) is 25.7 Å². The Hall–Kier alpha value is -0.570. The Balaban J connectivity index is 1.89. The van der Waals surface area contributed by atoms with Crippen LogP contribution in [-0.2, 0) is 4.79 Å². The SMILES string of the molecule is NC[C@H]1CCCN(CC2CC2)C1=O. The van der Waals surface area contributed by atoms with Crippen LogP contribution in [0.3, 0.4) is 0 Å². The highest BCUT2D eigenvalue weighted by Gasteiger charge is 2.32. The molecular formula is C10H18N2O. The number of piperidine rings is 1. The van der Waals surface area contributed by atoms with Gasteiger partial charge in [0.1, 0.15) is 0 Å². The first-order valence-electron chi connectivity index (χ1n) is 5.30. The lowest BCUT2D eigenvalue weighted by molar-refractivity contribution is -0.138. The molecule has 0 radical (unpaired) electrons. The molecule has 2 N–H and O–H groups in total. The average molecular weight is 182 g/mol. The van der Waals surface area contributed by atoms with E-state index in [1.165, 1.54) is 12.8 Å². The summed E-state index contributed by atoms with van der Waals surface area (Å²) in [6.45, 7) is 2.49. The number of likely N-dealkylation sites (tertiary alicyclic amines) is 1. The quantitative estimate of drug-likeness (QED) is 0.694. The van der Waals surface area contributed by atoms with Gasteiger partial charge in [-0.05, 0) is 31.6 Å². The lowest BCUT2D eigenvalue weighted by Crippen LogP contribution is -2.44. The minimum absolute atomic E-state index is 0.118. The zero-order valence-corrected chi connectivity index (χ0v) is 8.04. The first kappa shape index (κ1) is 9.00. The molecule has 3 nitrogen and oxygen atoms in total. The maximum atomic E-state index is 11.8. The maximum absolute atomic E-state index is 11.8. The largest absolute Gasteiger partial charge is 0.342 e. The third kappa shape index (κ3) is 2.02. The molecule has 1 atom stereocenters. The van der Waals surface area contributed by atoms with Crippen molar-refractivity contribution in [3.63, 3.8) is 0 Å². The molecular weight excluding hydrogens is 164 g/mol. The highest BCUT2D eigenvalue weighted by atomic mass is 16.2. The van der Waals surface area contributed by atoms with Gasteiger partial charge in [-0.15, -0.1) is 0 Å². The number of hydrogen-bond donors (Lipinski definition) is 1. The van der Waals surface area contributed by atoms with Crippen LogP contribution in [0, 0.1) is 11.8 Å². The maximum Gasteiger partial charge on any atom is 0.226 e. The first-order valence-corrected chi connectivity index (χ1v) is 5.30. The van der Waals surface area contributed by atoms with Crippen molar-refractivity contribution in [3.8, 4) is 0 Å². The minimum Gasteiger partial charge on any atom is -0.342 e. The number of hydrogen-bond acceptors (Lipinski definition) is 2. The summed E-state index contributed by atoms with van der Waals surface area (Å²) in [5, 5.41) is 0. The molecule has 0 spiro atoms. The molecule has 0 aromatic heterocycles. The molecule has 0 bridgehead atoms. The van der Waals surface area contributed by atoms with Crippen LogP contribution in [-0.4, -0.2) is 30.4 Å². The normalized spacial score (nSPS) is 29.5. The fourth-order valence-electron chi connectivity index (χ4n) is 2.03. The fourth-order valence-corrected chi connectivity index (χ4v) is 2.03. The molecule has 1 saturated carbocycles. The summed E-state index contributed by atoms with van der Waals surface area (Å²) in [6.07, 6.45) is 4.77. The summed E-state index contributed by atoms with van der Waals surface area (Å²) < 4.78 is 0. The van der Waals surface area contributed by atoms with Crippen LogP contribution >= 0.6 is 0 Å². The van der Waals surface area contributed by atoms with Gasteiger partial charge < -0.3 is 10.6 Å². The Labute approximate surface area is 79.3 Å². The summed E-state index contributed by atoms with van der Waals surface area (Å²) in [5.74, 6) is 1.23. The zero-order chi connectivity index (χ0) is 9.26. The number of nitrogens with two attached hydrogens (primary N) is 1. The van der Waals surface area contributed by atoms with Crippen molar-refractivity contribution in [1.29, 1.82) is 0 Å². The number of carbonyl (C=O) groups is 1. The Morgan fingerprint density at radius 2 is 2.15 bits per heavy atom. The molecule has 13 heavy (non-hydrogen) atoms. The summed E-state index contributed by atoms with van der Waals surface area (Å²) in [4.78, 5) is 13.8. The van der Waals surface area contributed by atoms with E-state index in [1.54, 1.807) is 0 Å². The number of amides is 1. The summed E-state index contributed by atoms with van der Waals surface area (Å²) in [6, 6.07) is 0. The van der Waals surface area contributed by atoms with E-state index >= 15 is 0 Å². The molecule has 2 rings (SSSR count). The third-order valence-electron chi connectivity index (χ3n) is 3.10. The molecule has 2 fully saturated rings. The second-order valence-corrected chi connectivity index (χ2v) is 4.30. The molecule has 1 saturated heterocycles. The van der Waals surface area contributed by atoms with E-state index in [4.69, 9.17) is 5.73 Å². The highest BCUT2D eigenvalue weighted by Crippen LogP contribution is 2.31. The van der Waals surface area contributed by atoms with E-state index in [9.17, 15) is 4.79 Å². The monoisotopic (exact) mass is 182 g/mol. The molecule has 0 unspecified atom stereocenters. The van der Waals surface area contributed by atoms with Crippen LogP contribution in [0.4, 0.5) is 0 Å². The Kier molecular flexibility index (Phi) is 2.54. The molecule has 0 aromatic carbocycles. The van der Waals surface area contributed by atoms with Crippen molar-refractivity contribution < 1.29 is 4.79 Å². The molecule has 3 heteroatoms. The van der Waals surface area contributed by atoms with E-state index in [-0.39, 0.29) is 5.92 Å². The molecule has 1 aliphatic heterocycles. The summed E-state index contributed by atoms with van der Waals surface area (Å²) in [7, 11) is 0. The Morgan fingerprint density at radius 3 is 2.77 bits per heavy atom. The first-order chi connectivity index (χ1) is 6.31. The minimum atomic E-state index is 0.118. The van der Waals surface area contributed by atoms with Gasteiger partial charge in [-0.3, -0.25) is 4.79 Å². The van der Waals surface area contributed by atoms with Crippen molar-refractivity contribution in [1.82, 2.24) is 4.90 Å². The lowest BCUT2D eigenvalue weighted by atomic mass is 9.97. The van der Waals surface area contributed by atoms with Gasteiger partial charge in [-0.25, -0.2) is 0 Å². The predicted molar refractivity (Wildman–Crippen MR) is 51.1 cm³/mol. The van der Waals surface area contributed by atoms with Crippen molar-refractivity contribution in [2.75, 3.05) is 19.6 Å². The van der Waals surface area contributed by atoms with E-state index in [1.807, 2.05) is 4.90 Å². The van der Waals surface area contributed by atoms with E-state index in [0.29, 0.717) is 12.5 Å². The van der Waals surface area contributed by atoms with Gasteiger partial charge in [0, 0.05) is 19.6 Å². The van der Waals surface area contributed by atoms with Crippen LogP contribution in [0.15, 0.2) is 0 Å².